The molecule has 0 spiro atoms. The van der Waals surface area contributed by atoms with E-state index < -0.39 is 12.1 Å². The van der Waals surface area contributed by atoms with Crippen molar-refractivity contribution < 1.29 is 38.4 Å². The predicted molar refractivity (Wildman–Crippen MR) is 265 cm³/mol. The average Bonchev–Trinajstić information content (AvgIpc) is 3.67. The van der Waals surface area contributed by atoms with Crippen LogP contribution in [0, 0.1) is 11.8 Å². The first kappa shape index (κ1) is 53.1. The highest BCUT2D eigenvalue weighted by Crippen LogP contribution is 2.24. The van der Waals surface area contributed by atoms with E-state index in [9.17, 15) is 38.4 Å². The third-order valence-electron chi connectivity index (χ3n) is 12.4. The summed E-state index contributed by atoms with van der Waals surface area (Å²) in [4.78, 5) is 105. The number of piperidine rings is 1. The van der Waals surface area contributed by atoms with Gasteiger partial charge in [-0.2, -0.15) is 0 Å². The number of rotatable bonds is 26. The van der Waals surface area contributed by atoms with E-state index in [0.717, 1.165) is 61.9 Å². The number of anilines is 1. The predicted octanol–water partition coefficient (Wildman–Crippen LogP) is 5.30. The summed E-state index contributed by atoms with van der Waals surface area (Å²) in [6.07, 6.45) is 19.3. The maximum absolute atomic E-state index is 12.9. The van der Waals surface area contributed by atoms with Crippen molar-refractivity contribution in [3.05, 3.63) is 114 Å². The van der Waals surface area contributed by atoms with Gasteiger partial charge in [-0.1, -0.05) is 75.6 Å². The Bertz CT molecular complexity index is 2190. The lowest BCUT2D eigenvalue weighted by Gasteiger charge is -2.32. The van der Waals surface area contributed by atoms with Crippen LogP contribution in [0.5, 0.6) is 0 Å². The van der Waals surface area contributed by atoms with Gasteiger partial charge in [0.15, 0.2) is 0 Å². The molecule has 69 heavy (non-hydrogen) atoms. The SMILES string of the molecule is CC(C)[C@H](NC(=O)CCCCCN1C(=O)C=CC1=O)C(=O)NCCCC(=O)N[C@@H](C)C(=O)Nc1ccc(CN2C=CC=C(/C=C/C(=O)NCCCCC3CCN(C(=O)c4ccccc4)CC3)C2)cc1. The highest BCUT2D eigenvalue weighted by Gasteiger charge is 2.26. The van der Waals surface area contributed by atoms with Crippen molar-refractivity contribution in [3.8, 4) is 0 Å². The number of carbonyl (C=O) groups is 8. The number of hydrogen-bond acceptors (Lipinski definition) is 9. The van der Waals surface area contributed by atoms with Gasteiger partial charge in [0, 0.05) is 88.1 Å². The smallest absolute Gasteiger partial charge is 0.253 e. The highest BCUT2D eigenvalue weighted by atomic mass is 16.2. The zero-order valence-electron chi connectivity index (χ0n) is 40.4. The number of nitrogens with zero attached hydrogens (tertiary/aromatic N) is 3. The van der Waals surface area contributed by atoms with Gasteiger partial charge in [-0.15, -0.1) is 0 Å². The molecule has 0 unspecified atom stereocenters. The van der Waals surface area contributed by atoms with Crippen molar-refractivity contribution in [3.63, 3.8) is 0 Å². The lowest BCUT2D eigenvalue weighted by Crippen LogP contribution is -2.50. The molecular formula is C53H70N8O8. The molecule has 16 heteroatoms. The van der Waals surface area contributed by atoms with E-state index >= 15 is 0 Å². The maximum Gasteiger partial charge on any atom is 0.253 e. The Labute approximate surface area is 406 Å². The van der Waals surface area contributed by atoms with Crippen LogP contribution in [0.1, 0.15) is 107 Å². The molecule has 5 N–H and O–H groups in total. The van der Waals surface area contributed by atoms with Crippen molar-refractivity contribution in [2.45, 2.75) is 110 Å². The minimum absolute atomic E-state index is 0.0873. The lowest BCUT2D eigenvalue weighted by molar-refractivity contribution is -0.137. The van der Waals surface area contributed by atoms with Crippen LogP contribution in [-0.2, 0) is 40.1 Å². The molecule has 370 valence electrons. The van der Waals surface area contributed by atoms with Crippen LogP contribution in [0.3, 0.4) is 0 Å². The van der Waals surface area contributed by atoms with E-state index in [4.69, 9.17) is 0 Å². The van der Waals surface area contributed by atoms with E-state index in [1.54, 1.807) is 13.0 Å². The molecular weight excluding hydrogens is 877 g/mol. The molecule has 0 saturated carbocycles. The number of likely N-dealkylation sites (tertiary alicyclic amines) is 1. The molecule has 2 aromatic rings. The van der Waals surface area contributed by atoms with Crippen LogP contribution in [0.25, 0.3) is 0 Å². The van der Waals surface area contributed by atoms with Crippen LogP contribution in [0.4, 0.5) is 5.69 Å². The third kappa shape index (κ3) is 18.3. The number of unbranched alkanes of at least 4 members (excludes halogenated alkanes) is 3. The molecule has 5 rings (SSSR count). The number of amides is 8. The van der Waals surface area contributed by atoms with Crippen LogP contribution < -0.4 is 26.6 Å². The minimum atomic E-state index is -0.799. The van der Waals surface area contributed by atoms with Gasteiger partial charge in [0.1, 0.15) is 12.1 Å². The summed E-state index contributed by atoms with van der Waals surface area (Å²) in [6.45, 7) is 9.24. The lowest BCUT2D eigenvalue weighted by atomic mass is 9.91. The Hall–Kier alpha value is -6.84. The van der Waals surface area contributed by atoms with Gasteiger partial charge >= 0.3 is 0 Å². The van der Waals surface area contributed by atoms with Crippen LogP contribution in [-0.4, -0.2) is 113 Å². The van der Waals surface area contributed by atoms with E-state index in [2.05, 4.69) is 31.5 Å². The molecule has 3 aliphatic heterocycles. The van der Waals surface area contributed by atoms with Gasteiger partial charge in [0.2, 0.25) is 29.5 Å². The van der Waals surface area contributed by atoms with Crippen molar-refractivity contribution in [2.24, 2.45) is 11.8 Å². The highest BCUT2D eigenvalue weighted by molar-refractivity contribution is 6.12. The number of hydrogen-bond donors (Lipinski definition) is 5. The fourth-order valence-corrected chi connectivity index (χ4v) is 8.34. The second kappa shape index (κ2) is 27.8. The van der Waals surface area contributed by atoms with Crippen molar-refractivity contribution in [1.82, 2.24) is 36.0 Å². The number of carbonyl (C=O) groups excluding carboxylic acids is 8. The van der Waals surface area contributed by atoms with Crippen LogP contribution >= 0.6 is 0 Å². The molecule has 0 radical (unpaired) electrons. The van der Waals surface area contributed by atoms with Crippen molar-refractivity contribution in [1.29, 1.82) is 0 Å². The third-order valence-corrected chi connectivity index (χ3v) is 12.4. The molecule has 8 amide bonds. The Morgan fingerprint density at radius 2 is 1.42 bits per heavy atom. The number of nitrogens with one attached hydrogen (secondary N) is 5. The molecule has 1 fully saturated rings. The first-order chi connectivity index (χ1) is 33.2. The average molecular weight is 947 g/mol. The minimum Gasteiger partial charge on any atom is -0.369 e. The normalized spacial score (nSPS) is 15.8. The molecule has 2 atom stereocenters. The number of allylic oxidation sites excluding steroid dienone is 2. The quantitative estimate of drug-likeness (QED) is 0.0471. The Morgan fingerprint density at radius 1 is 0.739 bits per heavy atom. The van der Waals surface area contributed by atoms with Crippen molar-refractivity contribution >= 4 is 52.9 Å². The second-order valence-corrected chi connectivity index (χ2v) is 18.3. The molecule has 16 nitrogen and oxygen atoms in total. The van der Waals surface area contributed by atoms with Crippen LogP contribution in [0.15, 0.2) is 103 Å². The Kier molecular flexibility index (Phi) is 21.4. The van der Waals surface area contributed by atoms with Gasteiger partial charge < -0.3 is 36.4 Å². The molecule has 0 aliphatic carbocycles. The first-order valence-electron chi connectivity index (χ1n) is 24.5. The summed E-state index contributed by atoms with van der Waals surface area (Å²) in [5.41, 5.74) is 3.37. The fourth-order valence-electron chi connectivity index (χ4n) is 8.34. The molecule has 3 aliphatic rings. The summed E-state index contributed by atoms with van der Waals surface area (Å²) in [5.74, 6) is -1.54. The van der Waals surface area contributed by atoms with Gasteiger partial charge in [-0.05, 0) is 105 Å². The zero-order chi connectivity index (χ0) is 49.5. The van der Waals surface area contributed by atoms with Gasteiger partial charge in [0.25, 0.3) is 17.7 Å². The summed E-state index contributed by atoms with van der Waals surface area (Å²) in [6, 6.07) is 15.4. The molecule has 0 aromatic heterocycles. The van der Waals surface area contributed by atoms with Gasteiger partial charge in [-0.25, -0.2) is 0 Å². The molecule has 2 aromatic carbocycles. The Balaban J connectivity index is 0.892. The zero-order valence-corrected chi connectivity index (χ0v) is 40.4. The van der Waals surface area contributed by atoms with Gasteiger partial charge in [-0.3, -0.25) is 43.3 Å². The maximum atomic E-state index is 12.9. The topological polar surface area (TPSA) is 206 Å². The van der Waals surface area contributed by atoms with E-state index in [1.807, 2.05) is 97.8 Å². The summed E-state index contributed by atoms with van der Waals surface area (Å²) in [5, 5.41) is 14.1. The molecule has 3 heterocycles. The number of imide groups is 1. The monoisotopic (exact) mass is 947 g/mol. The van der Waals surface area contributed by atoms with E-state index in [-0.39, 0.29) is 72.6 Å². The molecule has 1 saturated heterocycles. The first-order valence-corrected chi connectivity index (χ1v) is 24.5. The summed E-state index contributed by atoms with van der Waals surface area (Å²) >= 11 is 0. The number of benzene rings is 2. The van der Waals surface area contributed by atoms with Gasteiger partial charge in [0.05, 0.1) is 0 Å². The van der Waals surface area contributed by atoms with Crippen LogP contribution in [0.2, 0.25) is 0 Å². The van der Waals surface area contributed by atoms with Crippen molar-refractivity contribution in [2.75, 3.05) is 44.6 Å². The van der Waals surface area contributed by atoms with E-state index in [1.165, 1.54) is 17.1 Å². The van der Waals surface area contributed by atoms with E-state index in [0.29, 0.717) is 63.5 Å². The standard InChI is InChI=1S/C53H70N8O8/c1-38(2)50(58-47(64)18-8-5-11-33-61-48(65)26-27-49(61)66)52(68)55-31-12-19-46(63)56-39(3)51(67)57-44-23-20-42(21-24-44)37-59-32-13-15-41(36-59)22-25-45(62)54-30-10-9-14-40-28-34-60(35-29-40)53(69)43-16-6-4-7-17-43/h4,6-7,13,15-17,20-27,32,38-40,50H,5,8-12,14,18-19,28-31,33-37H2,1-3H3,(H,54,62)(H,55,68)(H,56,63)(H,57,67)(H,58,64)/b25-22+/t39-,50-/m0/s1. The largest absolute Gasteiger partial charge is 0.369 e. The summed E-state index contributed by atoms with van der Waals surface area (Å²) < 4.78 is 0. The summed E-state index contributed by atoms with van der Waals surface area (Å²) in [7, 11) is 0. The second-order valence-electron chi connectivity index (χ2n) is 18.3. The Morgan fingerprint density at radius 3 is 2.13 bits per heavy atom. The fraction of sp³-hybridized carbons (Fsp3) is 0.472. The molecule has 0 bridgehead atoms.